The third-order valence-electron chi connectivity index (χ3n) is 9.41. The van der Waals surface area contributed by atoms with Crippen LogP contribution in [0.15, 0.2) is 0 Å². The molecule has 2 bridgehead atoms. The second-order valence-corrected chi connectivity index (χ2v) is 12.4. The number of Topliss-reactive ketones (excluding diaryl/α,β-unsaturated/α-hetero) is 2. The van der Waals surface area contributed by atoms with Crippen LogP contribution in [-0.2, 0) is 19.1 Å². The van der Waals surface area contributed by atoms with Gasteiger partial charge in [-0.25, -0.2) is 0 Å². The number of carbonyl (C=O) groups is 3. The first-order valence-corrected chi connectivity index (χ1v) is 12.6. The summed E-state index contributed by atoms with van der Waals surface area (Å²) in [5, 5.41) is 0. The molecule has 1 saturated heterocycles. The summed E-state index contributed by atoms with van der Waals surface area (Å²) in [6.07, 6.45) is 10.9. The number of carbonyl (C=O) groups excluding carboxylic acids is 3. The fourth-order valence-corrected chi connectivity index (χ4v) is 6.51. The van der Waals surface area contributed by atoms with Crippen molar-refractivity contribution >= 4 is 17.5 Å². The van der Waals surface area contributed by atoms with Crippen molar-refractivity contribution < 1.29 is 19.1 Å². The van der Waals surface area contributed by atoms with E-state index in [0.717, 1.165) is 25.7 Å². The Hall–Kier alpha value is -1.19. The number of esters is 1. The van der Waals surface area contributed by atoms with Crippen molar-refractivity contribution in [3.63, 3.8) is 0 Å². The Morgan fingerprint density at radius 2 is 1.68 bits per heavy atom. The lowest BCUT2D eigenvalue weighted by Crippen LogP contribution is -2.49. The van der Waals surface area contributed by atoms with Crippen LogP contribution in [0.1, 0.15) is 119 Å². The zero-order valence-corrected chi connectivity index (χ0v) is 20.8. The lowest BCUT2D eigenvalue weighted by atomic mass is 9.58. The van der Waals surface area contributed by atoms with Crippen molar-refractivity contribution in [2.24, 2.45) is 28.1 Å². The highest BCUT2D eigenvalue weighted by atomic mass is 16.6. The molecule has 0 radical (unpaired) electrons. The van der Waals surface area contributed by atoms with Crippen LogP contribution < -0.4 is 0 Å². The van der Waals surface area contributed by atoms with E-state index in [9.17, 15) is 14.4 Å². The molecule has 2 saturated carbocycles. The summed E-state index contributed by atoms with van der Waals surface area (Å²) >= 11 is 0. The highest BCUT2D eigenvalue weighted by Gasteiger charge is 2.59. The molecular weight excluding hydrogens is 388 g/mol. The molecule has 0 N–H and O–H groups in total. The maximum atomic E-state index is 13.7. The molecule has 176 valence electrons. The van der Waals surface area contributed by atoms with Gasteiger partial charge in [0.05, 0.1) is 5.92 Å². The zero-order chi connectivity index (χ0) is 23.1. The SMILES string of the molecule is CCC(C)(CC(C)(C)C(=O)CC1CCCCC1)C(=O)CC1(C)CCC2CC1(C)OC2=O. The van der Waals surface area contributed by atoms with E-state index in [4.69, 9.17) is 4.74 Å². The van der Waals surface area contributed by atoms with Crippen molar-refractivity contribution in [2.45, 2.75) is 124 Å². The van der Waals surface area contributed by atoms with Gasteiger partial charge in [-0.05, 0) is 38.5 Å². The lowest BCUT2D eigenvalue weighted by Gasteiger charge is -2.46. The Morgan fingerprint density at radius 3 is 2.29 bits per heavy atom. The molecule has 4 atom stereocenters. The first-order valence-electron chi connectivity index (χ1n) is 12.6. The van der Waals surface area contributed by atoms with Crippen LogP contribution in [0.25, 0.3) is 0 Å². The molecule has 4 unspecified atom stereocenters. The van der Waals surface area contributed by atoms with Gasteiger partial charge in [0.1, 0.15) is 17.2 Å². The van der Waals surface area contributed by atoms with E-state index in [-0.39, 0.29) is 23.1 Å². The lowest BCUT2D eigenvalue weighted by molar-refractivity contribution is -0.160. The molecule has 31 heavy (non-hydrogen) atoms. The molecule has 0 aromatic heterocycles. The van der Waals surface area contributed by atoms with Gasteiger partial charge in [0.25, 0.3) is 0 Å². The molecule has 0 aromatic carbocycles. The van der Waals surface area contributed by atoms with Gasteiger partial charge < -0.3 is 4.74 Å². The molecule has 1 heterocycles. The number of ketones is 2. The molecular formula is C27H44O4. The van der Waals surface area contributed by atoms with Crippen LogP contribution in [0, 0.1) is 28.1 Å². The molecule has 4 heteroatoms. The Labute approximate surface area is 189 Å². The van der Waals surface area contributed by atoms with E-state index in [0.29, 0.717) is 31.0 Å². The highest BCUT2D eigenvalue weighted by Crippen LogP contribution is 2.56. The van der Waals surface area contributed by atoms with Gasteiger partial charge in [0.2, 0.25) is 0 Å². The number of hydrogen-bond donors (Lipinski definition) is 0. The van der Waals surface area contributed by atoms with Crippen molar-refractivity contribution in [1.29, 1.82) is 0 Å². The smallest absolute Gasteiger partial charge is 0.309 e. The summed E-state index contributed by atoms with van der Waals surface area (Å²) in [5.74, 6) is 0.970. The average molecular weight is 433 g/mol. The van der Waals surface area contributed by atoms with E-state index in [1.54, 1.807) is 0 Å². The summed E-state index contributed by atoms with van der Waals surface area (Å²) < 4.78 is 5.81. The molecule has 4 nitrogen and oxygen atoms in total. The summed E-state index contributed by atoms with van der Waals surface area (Å²) in [6.45, 7) is 12.3. The normalized spacial score (nSPS) is 33.6. The van der Waals surface area contributed by atoms with Gasteiger partial charge in [-0.1, -0.05) is 66.7 Å². The van der Waals surface area contributed by atoms with Gasteiger partial charge in [-0.15, -0.1) is 0 Å². The minimum atomic E-state index is -0.552. The monoisotopic (exact) mass is 432 g/mol. The highest BCUT2D eigenvalue weighted by molar-refractivity contribution is 5.88. The van der Waals surface area contributed by atoms with Gasteiger partial charge in [-0.3, -0.25) is 14.4 Å². The van der Waals surface area contributed by atoms with Crippen molar-refractivity contribution in [1.82, 2.24) is 0 Å². The predicted molar refractivity (Wildman–Crippen MR) is 123 cm³/mol. The number of hydrogen-bond acceptors (Lipinski definition) is 4. The fourth-order valence-electron chi connectivity index (χ4n) is 6.51. The number of ether oxygens (including phenoxy) is 1. The van der Waals surface area contributed by atoms with Gasteiger partial charge in [0, 0.05) is 35.5 Å². The first-order chi connectivity index (χ1) is 14.3. The van der Waals surface area contributed by atoms with E-state index in [1.165, 1.54) is 32.1 Å². The third kappa shape index (κ3) is 4.78. The van der Waals surface area contributed by atoms with Crippen LogP contribution in [0.4, 0.5) is 0 Å². The Morgan fingerprint density at radius 1 is 1.03 bits per heavy atom. The minimum Gasteiger partial charge on any atom is -0.459 e. The molecule has 3 fully saturated rings. The van der Waals surface area contributed by atoms with Gasteiger partial charge >= 0.3 is 5.97 Å². The largest absolute Gasteiger partial charge is 0.459 e. The van der Waals surface area contributed by atoms with Gasteiger partial charge in [-0.2, -0.15) is 0 Å². The fraction of sp³-hybridized carbons (Fsp3) is 0.889. The Balaban J connectivity index is 1.69. The van der Waals surface area contributed by atoms with Crippen LogP contribution in [0.5, 0.6) is 0 Å². The van der Waals surface area contributed by atoms with Crippen molar-refractivity contribution in [2.75, 3.05) is 0 Å². The summed E-state index contributed by atoms with van der Waals surface area (Å²) in [5.41, 5.74) is -1.92. The van der Waals surface area contributed by atoms with Crippen LogP contribution in [0.2, 0.25) is 0 Å². The van der Waals surface area contributed by atoms with E-state index in [2.05, 4.69) is 13.8 Å². The third-order valence-corrected chi connectivity index (χ3v) is 9.41. The standard InChI is InChI=1S/C27H44O4/c1-7-25(4,18-24(2,3)21(28)15-19-11-9-8-10-12-19)22(29)17-26(5)14-13-20-16-27(26,6)31-23(20)30/h19-20H,7-18H2,1-6H3. The van der Waals surface area contributed by atoms with E-state index < -0.39 is 16.4 Å². The predicted octanol–water partition coefficient (Wildman–Crippen LogP) is 6.44. The Bertz CT molecular complexity index is 719. The topological polar surface area (TPSA) is 60.4 Å². The quantitative estimate of drug-likeness (QED) is 0.393. The molecule has 3 aliphatic rings. The van der Waals surface area contributed by atoms with E-state index >= 15 is 0 Å². The molecule has 0 aromatic rings. The maximum absolute atomic E-state index is 13.7. The van der Waals surface area contributed by atoms with Crippen molar-refractivity contribution in [3.05, 3.63) is 0 Å². The molecule has 3 rings (SSSR count). The summed E-state index contributed by atoms with van der Waals surface area (Å²) in [4.78, 5) is 39.1. The molecule has 0 spiro atoms. The number of fused-ring (bicyclic) bond motifs is 2. The van der Waals surface area contributed by atoms with Crippen LogP contribution >= 0.6 is 0 Å². The Kier molecular flexibility index (Phi) is 6.81. The van der Waals surface area contributed by atoms with E-state index in [1.807, 2.05) is 27.7 Å². The first kappa shape index (κ1) is 24.5. The molecule has 0 amide bonds. The average Bonchev–Trinajstić information content (AvgIpc) is 2.97. The molecule has 2 aliphatic carbocycles. The summed E-state index contributed by atoms with van der Waals surface area (Å²) in [7, 11) is 0. The minimum absolute atomic E-state index is 0.00192. The summed E-state index contributed by atoms with van der Waals surface area (Å²) in [6, 6.07) is 0. The second kappa shape index (κ2) is 8.63. The van der Waals surface area contributed by atoms with Gasteiger partial charge in [0.15, 0.2) is 0 Å². The van der Waals surface area contributed by atoms with Crippen LogP contribution in [0.3, 0.4) is 0 Å². The van der Waals surface area contributed by atoms with Crippen LogP contribution in [-0.4, -0.2) is 23.1 Å². The maximum Gasteiger partial charge on any atom is 0.309 e. The molecule has 1 aliphatic heterocycles. The second-order valence-electron chi connectivity index (χ2n) is 12.4. The number of rotatable bonds is 9. The zero-order valence-electron chi connectivity index (χ0n) is 20.8. The van der Waals surface area contributed by atoms with Crippen molar-refractivity contribution in [3.8, 4) is 0 Å².